The molecule has 2 rings (SSSR count). The molecule has 0 amide bonds. The molecule has 112 valence electrons. The van der Waals surface area contributed by atoms with E-state index in [1.54, 1.807) is 0 Å². The van der Waals surface area contributed by atoms with Crippen LogP contribution in [0.5, 0.6) is 0 Å². The third kappa shape index (κ3) is 3.71. The van der Waals surface area contributed by atoms with Crippen molar-refractivity contribution in [1.82, 2.24) is 14.7 Å². The Morgan fingerprint density at radius 1 is 0.789 bits per heavy atom. The summed E-state index contributed by atoms with van der Waals surface area (Å²) in [6.45, 7) is 14.4. The molecule has 2 saturated heterocycles. The van der Waals surface area contributed by atoms with Crippen LogP contribution in [0.15, 0.2) is 0 Å². The smallest absolute Gasteiger partial charge is 0.0235 e. The lowest BCUT2D eigenvalue weighted by Crippen LogP contribution is -2.49. The fourth-order valence-electron chi connectivity index (χ4n) is 3.68. The number of hydrogen-bond acceptors (Lipinski definition) is 3. The summed E-state index contributed by atoms with van der Waals surface area (Å²) in [5.74, 6) is 0. The Labute approximate surface area is 119 Å². The minimum Gasteiger partial charge on any atom is -0.301 e. The van der Waals surface area contributed by atoms with Crippen LogP contribution in [0.2, 0.25) is 0 Å². The minimum absolute atomic E-state index is 0.709. The summed E-state index contributed by atoms with van der Waals surface area (Å²) < 4.78 is 0. The van der Waals surface area contributed by atoms with Crippen LogP contribution in [0.4, 0.5) is 0 Å². The SMILES string of the molecule is CC(C)N1CCC(N(C)C2CCN(C(C)C)C2)CC1. The summed E-state index contributed by atoms with van der Waals surface area (Å²) in [5.41, 5.74) is 0. The topological polar surface area (TPSA) is 9.72 Å². The van der Waals surface area contributed by atoms with E-state index in [0.717, 1.165) is 12.1 Å². The predicted octanol–water partition coefficient (Wildman–Crippen LogP) is 2.27. The summed E-state index contributed by atoms with van der Waals surface area (Å²) in [6.07, 6.45) is 4.07. The summed E-state index contributed by atoms with van der Waals surface area (Å²) in [7, 11) is 2.37. The van der Waals surface area contributed by atoms with Crippen molar-refractivity contribution < 1.29 is 0 Å². The highest BCUT2D eigenvalue weighted by atomic mass is 15.3. The number of hydrogen-bond donors (Lipinski definition) is 0. The highest BCUT2D eigenvalue weighted by Gasteiger charge is 2.32. The van der Waals surface area contributed by atoms with E-state index < -0.39 is 0 Å². The van der Waals surface area contributed by atoms with E-state index in [2.05, 4.69) is 49.4 Å². The van der Waals surface area contributed by atoms with Gasteiger partial charge in [0.25, 0.3) is 0 Å². The molecule has 3 nitrogen and oxygen atoms in total. The normalized spacial score (nSPS) is 28.1. The lowest BCUT2D eigenvalue weighted by Gasteiger charge is -2.40. The van der Waals surface area contributed by atoms with Crippen LogP contribution in [0.1, 0.15) is 47.0 Å². The van der Waals surface area contributed by atoms with Gasteiger partial charge in [-0.15, -0.1) is 0 Å². The second-order valence-corrected chi connectivity index (χ2v) is 7.06. The predicted molar refractivity (Wildman–Crippen MR) is 82.6 cm³/mol. The molecule has 0 aromatic heterocycles. The van der Waals surface area contributed by atoms with Crippen LogP contribution in [0.3, 0.4) is 0 Å². The number of nitrogens with zero attached hydrogens (tertiary/aromatic N) is 3. The maximum atomic E-state index is 2.69. The van der Waals surface area contributed by atoms with Gasteiger partial charge in [0.15, 0.2) is 0 Å². The molecule has 3 heteroatoms. The third-order valence-corrected chi connectivity index (χ3v) is 5.31. The van der Waals surface area contributed by atoms with Crippen LogP contribution in [0, 0.1) is 0 Å². The standard InChI is InChI=1S/C16H33N3/c1-13(2)18-9-6-15(7-10-18)17(5)16-8-11-19(12-16)14(3)4/h13-16H,6-12H2,1-5H3. The molecule has 0 aromatic rings. The van der Waals surface area contributed by atoms with Gasteiger partial charge in [-0.2, -0.15) is 0 Å². The average molecular weight is 267 g/mol. The molecule has 0 bridgehead atoms. The molecule has 2 aliphatic rings. The minimum atomic E-state index is 0.709. The first kappa shape index (κ1) is 15.3. The molecule has 0 saturated carbocycles. The van der Waals surface area contributed by atoms with Gasteiger partial charge in [0.05, 0.1) is 0 Å². The van der Waals surface area contributed by atoms with Crippen molar-refractivity contribution >= 4 is 0 Å². The zero-order valence-electron chi connectivity index (χ0n) is 13.6. The number of likely N-dealkylation sites (tertiary alicyclic amines) is 2. The van der Waals surface area contributed by atoms with E-state index in [9.17, 15) is 0 Å². The number of rotatable bonds is 4. The van der Waals surface area contributed by atoms with Gasteiger partial charge in [-0.1, -0.05) is 0 Å². The first-order valence-electron chi connectivity index (χ1n) is 8.19. The van der Waals surface area contributed by atoms with Crippen molar-refractivity contribution in [1.29, 1.82) is 0 Å². The molecule has 0 aliphatic carbocycles. The Morgan fingerprint density at radius 3 is 1.74 bits per heavy atom. The van der Waals surface area contributed by atoms with Crippen molar-refractivity contribution in [2.45, 2.75) is 71.1 Å². The molecule has 0 radical (unpaired) electrons. The molecular weight excluding hydrogens is 234 g/mol. The van der Waals surface area contributed by atoms with Gasteiger partial charge in [0.1, 0.15) is 0 Å². The monoisotopic (exact) mass is 267 g/mol. The van der Waals surface area contributed by atoms with Gasteiger partial charge in [0, 0.05) is 37.3 Å². The van der Waals surface area contributed by atoms with Gasteiger partial charge < -0.3 is 4.90 Å². The Hall–Kier alpha value is -0.120. The average Bonchev–Trinajstić information content (AvgIpc) is 2.87. The van der Waals surface area contributed by atoms with Crippen LogP contribution in [-0.4, -0.2) is 72.1 Å². The largest absolute Gasteiger partial charge is 0.301 e. The Bertz CT molecular complexity index is 269. The van der Waals surface area contributed by atoms with Gasteiger partial charge in [-0.3, -0.25) is 9.80 Å². The molecule has 2 heterocycles. The molecular formula is C16H33N3. The van der Waals surface area contributed by atoms with E-state index in [1.807, 2.05) is 0 Å². The summed E-state index contributed by atoms with van der Waals surface area (Å²) >= 11 is 0. The van der Waals surface area contributed by atoms with Gasteiger partial charge in [-0.05, 0) is 67.1 Å². The number of piperidine rings is 1. The van der Waals surface area contributed by atoms with Crippen molar-refractivity contribution in [2.24, 2.45) is 0 Å². The van der Waals surface area contributed by atoms with E-state index in [0.29, 0.717) is 12.1 Å². The van der Waals surface area contributed by atoms with Crippen molar-refractivity contribution in [3.8, 4) is 0 Å². The Kier molecular flexibility index (Phi) is 5.27. The lowest BCUT2D eigenvalue weighted by molar-refractivity contribution is 0.0825. The zero-order valence-corrected chi connectivity index (χ0v) is 13.6. The highest BCUT2D eigenvalue weighted by Crippen LogP contribution is 2.23. The zero-order chi connectivity index (χ0) is 14.0. The van der Waals surface area contributed by atoms with Crippen LogP contribution in [0.25, 0.3) is 0 Å². The van der Waals surface area contributed by atoms with Gasteiger partial charge in [0.2, 0.25) is 0 Å². The molecule has 1 unspecified atom stereocenters. The van der Waals surface area contributed by atoms with Crippen LogP contribution < -0.4 is 0 Å². The van der Waals surface area contributed by atoms with Crippen LogP contribution >= 0.6 is 0 Å². The number of likely N-dealkylation sites (N-methyl/N-ethyl adjacent to an activating group) is 1. The molecule has 0 N–H and O–H groups in total. The summed E-state index contributed by atoms with van der Waals surface area (Å²) in [5, 5.41) is 0. The lowest BCUT2D eigenvalue weighted by atomic mass is 10.0. The third-order valence-electron chi connectivity index (χ3n) is 5.31. The first-order chi connectivity index (χ1) is 8.99. The molecule has 1 atom stereocenters. The maximum Gasteiger partial charge on any atom is 0.0235 e. The van der Waals surface area contributed by atoms with Gasteiger partial charge >= 0.3 is 0 Å². The first-order valence-corrected chi connectivity index (χ1v) is 8.19. The Morgan fingerprint density at radius 2 is 1.26 bits per heavy atom. The molecule has 0 spiro atoms. The van der Waals surface area contributed by atoms with E-state index >= 15 is 0 Å². The fourth-order valence-corrected chi connectivity index (χ4v) is 3.68. The fraction of sp³-hybridized carbons (Fsp3) is 1.00. The second kappa shape index (κ2) is 6.55. The van der Waals surface area contributed by atoms with Crippen molar-refractivity contribution in [3.63, 3.8) is 0 Å². The summed E-state index contributed by atoms with van der Waals surface area (Å²) in [6, 6.07) is 3.03. The molecule has 2 fully saturated rings. The van der Waals surface area contributed by atoms with E-state index in [1.165, 1.54) is 45.4 Å². The van der Waals surface area contributed by atoms with E-state index in [-0.39, 0.29) is 0 Å². The molecule has 19 heavy (non-hydrogen) atoms. The molecule has 0 aromatic carbocycles. The van der Waals surface area contributed by atoms with Crippen LogP contribution in [-0.2, 0) is 0 Å². The summed E-state index contributed by atoms with van der Waals surface area (Å²) in [4.78, 5) is 7.95. The quantitative estimate of drug-likeness (QED) is 0.774. The molecule has 2 aliphatic heterocycles. The second-order valence-electron chi connectivity index (χ2n) is 7.06. The highest BCUT2D eigenvalue weighted by molar-refractivity contribution is 4.89. The van der Waals surface area contributed by atoms with Gasteiger partial charge in [-0.25, -0.2) is 0 Å². The van der Waals surface area contributed by atoms with Crippen molar-refractivity contribution in [3.05, 3.63) is 0 Å². The maximum absolute atomic E-state index is 2.69. The Balaban J connectivity index is 1.80. The van der Waals surface area contributed by atoms with E-state index in [4.69, 9.17) is 0 Å². The van der Waals surface area contributed by atoms with Crippen molar-refractivity contribution in [2.75, 3.05) is 33.2 Å².